The predicted octanol–water partition coefficient (Wildman–Crippen LogP) is 3.36. The number of benzene rings is 1. The minimum Gasteiger partial charge on any atom is -0.507 e. The molecule has 160 valence electrons. The zero-order valence-corrected chi connectivity index (χ0v) is 18.0. The number of aryl methyl sites for hydroxylation is 1. The summed E-state index contributed by atoms with van der Waals surface area (Å²) in [6.45, 7) is 6.55. The molecule has 2 aromatic rings. The predicted molar refractivity (Wildman–Crippen MR) is 113 cm³/mol. The number of likely N-dealkylation sites (N-methyl/N-ethyl adjacent to an activating group) is 1. The summed E-state index contributed by atoms with van der Waals surface area (Å²) >= 11 is 0. The van der Waals surface area contributed by atoms with Crippen LogP contribution < -0.4 is 4.74 Å². The van der Waals surface area contributed by atoms with Gasteiger partial charge in [-0.05, 0) is 71.3 Å². The lowest BCUT2D eigenvalue weighted by atomic mass is 9.99. The molecule has 0 bridgehead atoms. The van der Waals surface area contributed by atoms with Crippen LogP contribution >= 0.6 is 0 Å². The average Bonchev–Trinajstić information content (AvgIpc) is 3.21. The Morgan fingerprint density at radius 2 is 1.83 bits per heavy atom. The summed E-state index contributed by atoms with van der Waals surface area (Å²) in [5.41, 5.74) is 0.468. The molecule has 7 heteroatoms. The van der Waals surface area contributed by atoms with Crippen LogP contribution in [0.4, 0.5) is 0 Å². The van der Waals surface area contributed by atoms with Crippen LogP contribution in [0.15, 0.2) is 46.4 Å². The molecule has 1 atom stereocenters. The number of furan rings is 1. The Balaban J connectivity index is 2.04. The zero-order chi connectivity index (χ0) is 22.0. The van der Waals surface area contributed by atoms with Crippen LogP contribution in [0.1, 0.15) is 37.0 Å². The number of ketones is 1. The molecule has 0 aliphatic carbocycles. The van der Waals surface area contributed by atoms with Gasteiger partial charge in [0.2, 0.25) is 0 Å². The third-order valence-corrected chi connectivity index (χ3v) is 4.86. The molecule has 0 spiro atoms. The van der Waals surface area contributed by atoms with Crippen LogP contribution in [-0.2, 0) is 9.59 Å². The Morgan fingerprint density at radius 3 is 2.37 bits per heavy atom. The lowest BCUT2D eigenvalue weighted by Gasteiger charge is -2.24. The Morgan fingerprint density at radius 1 is 1.17 bits per heavy atom. The van der Waals surface area contributed by atoms with Gasteiger partial charge in [-0.2, -0.15) is 0 Å². The summed E-state index contributed by atoms with van der Waals surface area (Å²) in [7, 11) is 3.78. The summed E-state index contributed by atoms with van der Waals surface area (Å²) in [6.07, 6.45) is 0.0219. The van der Waals surface area contributed by atoms with Crippen LogP contribution in [0.3, 0.4) is 0 Å². The lowest BCUT2D eigenvalue weighted by Crippen LogP contribution is -2.35. The molecule has 7 nitrogen and oxygen atoms in total. The molecule has 2 heterocycles. The first kappa shape index (κ1) is 21.6. The van der Waals surface area contributed by atoms with E-state index in [4.69, 9.17) is 9.15 Å². The van der Waals surface area contributed by atoms with E-state index >= 15 is 0 Å². The van der Waals surface area contributed by atoms with Gasteiger partial charge < -0.3 is 24.1 Å². The van der Waals surface area contributed by atoms with E-state index in [0.29, 0.717) is 35.9 Å². The Bertz CT molecular complexity index is 956. The number of hydrogen-bond donors (Lipinski definition) is 1. The number of hydrogen-bond acceptors (Lipinski definition) is 6. The zero-order valence-electron chi connectivity index (χ0n) is 18.0. The van der Waals surface area contributed by atoms with Crippen molar-refractivity contribution < 1.29 is 23.8 Å². The molecule has 1 fully saturated rings. The van der Waals surface area contributed by atoms with E-state index in [2.05, 4.69) is 0 Å². The van der Waals surface area contributed by atoms with Gasteiger partial charge in [0.25, 0.3) is 11.7 Å². The molecule has 30 heavy (non-hydrogen) atoms. The Hall–Kier alpha value is -3.06. The maximum Gasteiger partial charge on any atom is 0.295 e. The third-order valence-electron chi connectivity index (χ3n) is 4.86. The normalized spacial score (nSPS) is 18.6. The molecule has 1 N–H and O–H groups in total. The monoisotopic (exact) mass is 412 g/mol. The van der Waals surface area contributed by atoms with Gasteiger partial charge in [0.15, 0.2) is 0 Å². The number of likely N-dealkylation sites (tertiary alicyclic amines) is 1. The molecule has 1 aliphatic heterocycles. The van der Waals surface area contributed by atoms with Crippen molar-refractivity contribution in [1.82, 2.24) is 9.80 Å². The van der Waals surface area contributed by atoms with Crippen molar-refractivity contribution in [3.63, 3.8) is 0 Å². The van der Waals surface area contributed by atoms with E-state index in [1.54, 1.807) is 43.3 Å². The number of rotatable bonds is 7. The second kappa shape index (κ2) is 8.75. The molecule has 0 unspecified atom stereocenters. The van der Waals surface area contributed by atoms with Crippen LogP contribution in [0.2, 0.25) is 0 Å². The maximum atomic E-state index is 12.9. The number of ether oxygens (including phenoxy) is 1. The molecular weight excluding hydrogens is 384 g/mol. The number of Topliss-reactive ketones (excluding diaryl/α,β-unsaturated/α-hetero) is 1. The first-order chi connectivity index (χ1) is 14.2. The number of nitrogens with zero attached hydrogens (tertiary/aromatic N) is 2. The largest absolute Gasteiger partial charge is 0.507 e. The van der Waals surface area contributed by atoms with Crippen LogP contribution in [0.25, 0.3) is 5.76 Å². The van der Waals surface area contributed by atoms with Gasteiger partial charge in [-0.15, -0.1) is 0 Å². The van der Waals surface area contributed by atoms with E-state index < -0.39 is 17.7 Å². The number of amides is 1. The first-order valence-corrected chi connectivity index (χ1v) is 9.95. The topological polar surface area (TPSA) is 83.2 Å². The van der Waals surface area contributed by atoms with Gasteiger partial charge in [0.05, 0.1) is 11.7 Å². The van der Waals surface area contributed by atoms with Crippen LogP contribution in [0.5, 0.6) is 5.75 Å². The Labute approximate surface area is 176 Å². The fourth-order valence-corrected chi connectivity index (χ4v) is 3.43. The molecule has 0 saturated carbocycles. The molecule has 1 saturated heterocycles. The third kappa shape index (κ3) is 4.41. The first-order valence-electron chi connectivity index (χ1n) is 9.95. The highest BCUT2D eigenvalue weighted by Crippen LogP contribution is 2.40. The molecule has 0 radical (unpaired) electrons. The highest BCUT2D eigenvalue weighted by molar-refractivity contribution is 6.46. The summed E-state index contributed by atoms with van der Waals surface area (Å²) < 4.78 is 11.4. The number of aliphatic hydroxyl groups is 1. The fraction of sp³-hybridized carbons (Fsp3) is 0.391. The smallest absolute Gasteiger partial charge is 0.295 e. The number of aliphatic hydroxyl groups excluding tert-OH is 1. The fourth-order valence-electron chi connectivity index (χ4n) is 3.43. The van der Waals surface area contributed by atoms with Gasteiger partial charge in [-0.25, -0.2) is 0 Å². The van der Waals surface area contributed by atoms with Crippen LogP contribution in [-0.4, -0.2) is 59.9 Å². The SMILES string of the molecule is Cc1ccc([C@@H]2C(=C(O)c3ccc(OC(C)C)cc3)C(=O)C(=O)N2CCN(C)C)o1. The van der Waals surface area contributed by atoms with Crippen molar-refractivity contribution >= 4 is 17.4 Å². The molecule has 1 aromatic carbocycles. The second-order valence-electron chi connectivity index (χ2n) is 7.94. The summed E-state index contributed by atoms with van der Waals surface area (Å²) in [5.74, 6) is 0.192. The van der Waals surface area contributed by atoms with Crippen molar-refractivity contribution in [2.24, 2.45) is 0 Å². The van der Waals surface area contributed by atoms with E-state index in [1.165, 1.54) is 4.90 Å². The van der Waals surface area contributed by atoms with Gasteiger partial charge in [-0.1, -0.05) is 0 Å². The summed E-state index contributed by atoms with van der Waals surface area (Å²) in [4.78, 5) is 29.1. The molecule has 1 aliphatic rings. The molecule has 1 aromatic heterocycles. The van der Waals surface area contributed by atoms with Gasteiger partial charge in [0, 0.05) is 18.7 Å². The highest BCUT2D eigenvalue weighted by Gasteiger charge is 2.47. The van der Waals surface area contributed by atoms with Gasteiger partial charge in [0.1, 0.15) is 29.1 Å². The molecule has 3 rings (SSSR count). The Kier molecular flexibility index (Phi) is 6.31. The van der Waals surface area contributed by atoms with Crippen molar-refractivity contribution in [3.8, 4) is 5.75 Å². The maximum absolute atomic E-state index is 12.9. The van der Waals surface area contributed by atoms with Crippen molar-refractivity contribution in [3.05, 3.63) is 59.1 Å². The van der Waals surface area contributed by atoms with Gasteiger partial charge in [-0.3, -0.25) is 9.59 Å². The van der Waals surface area contributed by atoms with Crippen LogP contribution in [0, 0.1) is 6.92 Å². The summed E-state index contributed by atoms with van der Waals surface area (Å²) in [6, 6.07) is 9.54. The van der Waals surface area contributed by atoms with E-state index in [0.717, 1.165) is 0 Å². The van der Waals surface area contributed by atoms with Crippen molar-refractivity contribution in [2.45, 2.75) is 32.9 Å². The van der Waals surface area contributed by atoms with Crippen molar-refractivity contribution in [2.75, 3.05) is 27.2 Å². The summed E-state index contributed by atoms with van der Waals surface area (Å²) in [5, 5.41) is 11.0. The minimum atomic E-state index is -0.773. The highest BCUT2D eigenvalue weighted by atomic mass is 16.5. The molecule has 1 amide bonds. The number of carbonyl (C=O) groups is 2. The number of carbonyl (C=O) groups excluding carboxylic acids is 2. The van der Waals surface area contributed by atoms with E-state index in [-0.39, 0.29) is 17.4 Å². The van der Waals surface area contributed by atoms with Crippen molar-refractivity contribution in [1.29, 1.82) is 0 Å². The van der Waals surface area contributed by atoms with E-state index in [1.807, 2.05) is 32.8 Å². The minimum absolute atomic E-state index is 0.0219. The van der Waals surface area contributed by atoms with E-state index in [9.17, 15) is 14.7 Å². The average molecular weight is 412 g/mol. The lowest BCUT2D eigenvalue weighted by molar-refractivity contribution is -0.140. The quantitative estimate of drug-likeness (QED) is 0.427. The second-order valence-corrected chi connectivity index (χ2v) is 7.94. The van der Waals surface area contributed by atoms with Gasteiger partial charge >= 0.3 is 0 Å². The standard InChI is InChI=1S/C23H28N2O5/c1-14(2)29-17-9-7-16(8-10-17)21(26)19-20(18-11-6-15(3)30-18)25(13-12-24(4)5)23(28)22(19)27/h6-11,14,20,26H,12-13H2,1-5H3/t20-/m1/s1. The molecular formula is C23H28N2O5.